The maximum absolute atomic E-state index is 4.57. The van der Waals surface area contributed by atoms with Crippen molar-refractivity contribution in [2.45, 2.75) is 52.6 Å². The van der Waals surface area contributed by atoms with E-state index >= 15 is 0 Å². The van der Waals surface area contributed by atoms with Gasteiger partial charge in [-0.1, -0.05) is 6.92 Å². The second kappa shape index (κ2) is 5.57. The number of aromatic nitrogens is 2. The van der Waals surface area contributed by atoms with E-state index in [0.717, 1.165) is 24.5 Å². The minimum atomic E-state index is 0.606. The molecule has 1 aromatic heterocycles. The van der Waals surface area contributed by atoms with Crippen LogP contribution in [0.15, 0.2) is 18.5 Å². The molecule has 1 aliphatic rings. The Balaban J connectivity index is 1.83. The van der Waals surface area contributed by atoms with Crippen LogP contribution in [0, 0.1) is 19.8 Å². The van der Waals surface area contributed by atoms with E-state index in [1.54, 1.807) is 0 Å². The Morgan fingerprint density at radius 3 is 2.75 bits per heavy atom. The molecule has 0 spiro atoms. The van der Waals surface area contributed by atoms with Gasteiger partial charge in [0.25, 0.3) is 0 Å². The van der Waals surface area contributed by atoms with Crippen molar-refractivity contribution in [3.8, 4) is 0 Å². The molecule has 20 heavy (non-hydrogen) atoms. The fourth-order valence-corrected chi connectivity index (χ4v) is 2.88. The third-order valence-electron chi connectivity index (χ3n) is 4.48. The van der Waals surface area contributed by atoms with E-state index in [9.17, 15) is 0 Å². The van der Waals surface area contributed by atoms with Crippen LogP contribution in [0.4, 0.5) is 0 Å². The van der Waals surface area contributed by atoms with Crippen LogP contribution in [0.5, 0.6) is 0 Å². The van der Waals surface area contributed by atoms with Crippen LogP contribution in [0.1, 0.15) is 37.3 Å². The number of benzene rings is 1. The Morgan fingerprint density at radius 1 is 1.30 bits per heavy atom. The normalized spacial score (nSPS) is 16.8. The van der Waals surface area contributed by atoms with E-state index in [1.807, 2.05) is 6.33 Å². The summed E-state index contributed by atoms with van der Waals surface area (Å²) < 4.78 is 2.33. The Bertz CT molecular complexity index is 596. The molecular weight excluding hydrogens is 246 g/mol. The summed E-state index contributed by atoms with van der Waals surface area (Å²) in [5.74, 6) is 0.866. The molecule has 0 aliphatic heterocycles. The maximum atomic E-state index is 4.57. The molecule has 3 nitrogen and oxygen atoms in total. The minimum Gasteiger partial charge on any atom is -0.329 e. The number of nitrogens with one attached hydrogen (secondary N) is 1. The molecule has 1 unspecified atom stereocenters. The summed E-state index contributed by atoms with van der Waals surface area (Å²) in [5.41, 5.74) is 5.07. The van der Waals surface area contributed by atoms with Crippen molar-refractivity contribution in [1.29, 1.82) is 0 Å². The van der Waals surface area contributed by atoms with Crippen molar-refractivity contribution in [2.24, 2.45) is 5.92 Å². The SMILES string of the molecule is CCCNC(Cn1cnc2cc(C)c(C)cc21)C1CC1. The van der Waals surface area contributed by atoms with Gasteiger partial charge in [0.05, 0.1) is 17.4 Å². The Kier molecular flexibility index (Phi) is 3.79. The summed E-state index contributed by atoms with van der Waals surface area (Å²) >= 11 is 0. The van der Waals surface area contributed by atoms with Gasteiger partial charge in [-0.25, -0.2) is 4.98 Å². The highest BCUT2D eigenvalue weighted by molar-refractivity contribution is 5.77. The van der Waals surface area contributed by atoms with Crippen LogP contribution in [0.3, 0.4) is 0 Å². The van der Waals surface area contributed by atoms with E-state index < -0.39 is 0 Å². The van der Waals surface area contributed by atoms with Crippen molar-refractivity contribution in [1.82, 2.24) is 14.9 Å². The van der Waals surface area contributed by atoms with Gasteiger partial charge < -0.3 is 9.88 Å². The maximum Gasteiger partial charge on any atom is 0.0958 e. The molecule has 3 rings (SSSR count). The average molecular weight is 271 g/mol. The van der Waals surface area contributed by atoms with Crippen LogP contribution in [-0.2, 0) is 6.54 Å². The molecule has 0 saturated heterocycles. The number of nitrogens with zero attached hydrogens (tertiary/aromatic N) is 2. The van der Waals surface area contributed by atoms with Gasteiger partial charge in [-0.2, -0.15) is 0 Å². The van der Waals surface area contributed by atoms with Crippen molar-refractivity contribution in [3.63, 3.8) is 0 Å². The first-order valence-electron chi connectivity index (χ1n) is 7.84. The molecule has 0 radical (unpaired) electrons. The molecule has 0 bridgehead atoms. The van der Waals surface area contributed by atoms with E-state index in [4.69, 9.17) is 0 Å². The van der Waals surface area contributed by atoms with Crippen molar-refractivity contribution in [2.75, 3.05) is 6.54 Å². The van der Waals surface area contributed by atoms with E-state index in [1.165, 1.54) is 35.9 Å². The first-order chi connectivity index (χ1) is 9.69. The highest BCUT2D eigenvalue weighted by Gasteiger charge is 2.31. The van der Waals surface area contributed by atoms with Crippen LogP contribution < -0.4 is 5.32 Å². The summed E-state index contributed by atoms with van der Waals surface area (Å²) in [5, 5.41) is 3.71. The van der Waals surface area contributed by atoms with Crippen LogP contribution in [0.2, 0.25) is 0 Å². The van der Waals surface area contributed by atoms with Gasteiger partial charge in [0.1, 0.15) is 0 Å². The molecule has 1 fully saturated rings. The molecular formula is C17H25N3. The highest BCUT2D eigenvalue weighted by Crippen LogP contribution is 2.33. The molecule has 1 saturated carbocycles. The van der Waals surface area contributed by atoms with Gasteiger partial charge in [0.2, 0.25) is 0 Å². The summed E-state index contributed by atoms with van der Waals surface area (Å²) in [6.07, 6.45) is 5.97. The number of fused-ring (bicyclic) bond motifs is 1. The predicted octanol–water partition coefficient (Wildman–Crippen LogP) is 3.43. The monoisotopic (exact) mass is 271 g/mol. The summed E-state index contributed by atoms with van der Waals surface area (Å²) in [6.45, 7) is 8.73. The number of aryl methyl sites for hydroxylation is 2. The molecule has 1 atom stereocenters. The molecule has 1 aromatic carbocycles. The lowest BCUT2D eigenvalue weighted by molar-refractivity contribution is 0.411. The topological polar surface area (TPSA) is 29.9 Å². The fourth-order valence-electron chi connectivity index (χ4n) is 2.88. The van der Waals surface area contributed by atoms with Crippen LogP contribution in [-0.4, -0.2) is 22.1 Å². The minimum absolute atomic E-state index is 0.606. The second-order valence-corrected chi connectivity index (χ2v) is 6.22. The smallest absolute Gasteiger partial charge is 0.0958 e. The van der Waals surface area contributed by atoms with Gasteiger partial charge in [-0.3, -0.25) is 0 Å². The number of rotatable bonds is 6. The molecule has 2 aromatic rings. The summed E-state index contributed by atoms with van der Waals surface area (Å²) in [6, 6.07) is 5.09. The van der Waals surface area contributed by atoms with Gasteiger partial charge in [-0.05, 0) is 68.8 Å². The van der Waals surface area contributed by atoms with Crippen molar-refractivity contribution in [3.05, 3.63) is 29.6 Å². The average Bonchev–Trinajstić information content (AvgIpc) is 3.21. The van der Waals surface area contributed by atoms with E-state index in [-0.39, 0.29) is 0 Å². The van der Waals surface area contributed by atoms with Crippen molar-refractivity contribution >= 4 is 11.0 Å². The zero-order valence-electron chi connectivity index (χ0n) is 12.8. The van der Waals surface area contributed by atoms with Crippen LogP contribution >= 0.6 is 0 Å². The summed E-state index contributed by atoms with van der Waals surface area (Å²) in [4.78, 5) is 4.57. The Labute approximate surface area is 121 Å². The van der Waals surface area contributed by atoms with Gasteiger partial charge in [-0.15, -0.1) is 0 Å². The van der Waals surface area contributed by atoms with E-state index in [2.05, 4.69) is 47.8 Å². The van der Waals surface area contributed by atoms with Gasteiger partial charge >= 0.3 is 0 Å². The quantitative estimate of drug-likeness (QED) is 0.872. The third-order valence-corrected chi connectivity index (χ3v) is 4.48. The molecule has 3 heteroatoms. The fraction of sp³-hybridized carbons (Fsp3) is 0.588. The zero-order chi connectivity index (χ0) is 14.1. The Morgan fingerprint density at radius 2 is 2.05 bits per heavy atom. The second-order valence-electron chi connectivity index (χ2n) is 6.22. The third kappa shape index (κ3) is 2.73. The van der Waals surface area contributed by atoms with E-state index in [0.29, 0.717) is 6.04 Å². The van der Waals surface area contributed by atoms with Gasteiger partial charge in [0.15, 0.2) is 0 Å². The standard InChI is InChI=1S/C17H25N3/c1-4-7-18-16(14-5-6-14)10-20-11-19-15-8-12(2)13(3)9-17(15)20/h8-9,11,14,16,18H,4-7,10H2,1-3H3. The number of hydrogen-bond acceptors (Lipinski definition) is 2. The number of imidazole rings is 1. The largest absolute Gasteiger partial charge is 0.329 e. The number of hydrogen-bond donors (Lipinski definition) is 1. The molecule has 0 amide bonds. The lowest BCUT2D eigenvalue weighted by atomic mass is 10.1. The molecule has 1 N–H and O–H groups in total. The first-order valence-corrected chi connectivity index (χ1v) is 7.84. The zero-order valence-corrected chi connectivity index (χ0v) is 12.8. The predicted molar refractivity (Wildman–Crippen MR) is 84.0 cm³/mol. The molecule has 1 aliphatic carbocycles. The lowest BCUT2D eigenvalue weighted by Gasteiger charge is -2.19. The lowest BCUT2D eigenvalue weighted by Crippen LogP contribution is -2.35. The van der Waals surface area contributed by atoms with Crippen LogP contribution in [0.25, 0.3) is 11.0 Å². The Hall–Kier alpha value is -1.35. The summed E-state index contributed by atoms with van der Waals surface area (Å²) in [7, 11) is 0. The van der Waals surface area contributed by atoms with Gasteiger partial charge in [0, 0.05) is 12.6 Å². The molecule has 108 valence electrons. The first kappa shape index (κ1) is 13.6. The highest BCUT2D eigenvalue weighted by atomic mass is 15.1. The molecule has 1 heterocycles. The van der Waals surface area contributed by atoms with Crippen molar-refractivity contribution < 1.29 is 0 Å².